The maximum absolute atomic E-state index is 9.78. The summed E-state index contributed by atoms with van der Waals surface area (Å²) in [5, 5.41) is 40.3. The first-order valence-electron chi connectivity index (χ1n) is 4.30. The molecule has 0 radical (unpaired) electrons. The van der Waals surface area contributed by atoms with Gasteiger partial charge < -0.3 is 25.5 Å². The van der Waals surface area contributed by atoms with Gasteiger partial charge in [-0.15, -0.1) is 0 Å². The van der Waals surface area contributed by atoms with Crippen molar-refractivity contribution < 1.29 is 30.3 Å². The van der Waals surface area contributed by atoms with Crippen LogP contribution in [0, 0.1) is 0 Å². The number of hydrogen-bond donors (Lipinski definition) is 5. The maximum Gasteiger partial charge on any atom is 0.306 e. The molecule has 0 spiro atoms. The number of hydrogen-bond acceptors (Lipinski definition) is 5. The Labute approximate surface area is 92.8 Å². The summed E-state index contributed by atoms with van der Waals surface area (Å²) in [5.74, 6) is -1.20. The van der Waals surface area contributed by atoms with Crippen LogP contribution in [0.1, 0.15) is 19.3 Å². The molecule has 5 N–H and O–H groups in total. The fourth-order valence-electron chi connectivity index (χ4n) is 0.476. The van der Waals surface area contributed by atoms with Crippen LogP contribution in [-0.4, -0.2) is 55.9 Å². The molecular weight excluding hydrogens is 224 g/mol. The predicted octanol–water partition coefficient (Wildman–Crippen LogP) is -0.541. The van der Waals surface area contributed by atoms with Gasteiger partial charge in [-0.05, 0) is 25.1 Å². The highest BCUT2D eigenvalue weighted by Gasteiger charge is 2.12. The molecular formula is C8H16O6S. The van der Waals surface area contributed by atoms with Crippen LogP contribution in [0.15, 0.2) is 0 Å². The Balaban J connectivity index is 0. The zero-order valence-corrected chi connectivity index (χ0v) is 8.98. The average Bonchev–Trinajstić information content (AvgIpc) is 2.14. The first-order valence-corrected chi connectivity index (χ1v) is 4.70. The molecule has 6 nitrogen and oxygen atoms in total. The van der Waals surface area contributed by atoms with E-state index in [0.29, 0.717) is 0 Å². The predicted molar refractivity (Wildman–Crippen MR) is 56.9 cm³/mol. The third kappa shape index (κ3) is 16.0. The van der Waals surface area contributed by atoms with Gasteiger partial charge in [0.1, 0.15) is 6.10 Å². The first kappa shape index (κ1) is 16.7. The second-order valence-corrected chi connectivity index (χ2v) is 3.02. The number of carboxylic acid groups (broad SMARTS) is 1. The Morgan fingerprint density at radius 2 is 1.53 bits per heavy atom. The van der Waals surface area contributed by atoms with Crippen LogP contribution >= 0.6 is 12.2 Å². The molecule has 1 unspecified atom stereocenters. The number of carbonyl (C=O) groups is 1. The summed E-state index contributed by atoms with van der Waals surface area (Å²) in [5.41, 5.74) is 0. The van der Waals surface area contributed by atoms with Crippen molar-refractivity contribution >= 4 is 23.2 Å². The molecule has 0 aliphatic heterocycles. The summed E-state index contributed by atoms with van der Waals surface area (Å²) in [6.07, 6.45) is -0.528. The van der Waals surface area contributed by atoms with Gasteiger partial charge in [0.15, 0.2) is 5.05 Å². The van der Waals surface area contributed by atoms with Crippen molar-refractivity contribution in [3.63, 3.8) is 0 Å². The molecule has 7 heteroatoms. The minimum Gasteiger partial charge on any atom is -0.500 e. The second kappa shape index (κ2) is 11.3. The summed E-state index contributed by atoms with van der Waals surface area (Å²) in [7, 11) is 0. The second-order valence-electron chi connectivity index (χ2n) is 2.61. The highest BCUT2D eigenvalue weighted by molar-refractivity contribution is 7.80. The standard InChI is InChI=1S/C4H6O4S.C4H10O2/c5-2(4(8)9)1-3(6)7;5-3-1-2-4-6/h2,5H,1H2,(H,6,7)(H,8,9);5-6H,1-4H2. The SMILES string of the molecule is O=C(O)CC(O)C(O)=S.OCCCCO. The molecule has 0 bridgehead atoms. The zero-order chi connectivity index (χ0) is 12.3. The van der Waals surface area contributed by atoms with Crippen molar-refractivity contribution in [1.29, 1.82) is 0 Å². The van der Waals surface area contributed by atoms with E-state index in [9.17, 15) is 4.79 Å². The minimum atomic E-state index is -1.42. The molecule has 0 aromatic heterocycles. The molecule has 0 rings (SSSR count). The summed E-state index contributed by atoms with van der Waals surface area (Å²) < 4.78 is 0. The van der Waals surface area contributed by atoms with E-state index in [-0.39, 0.29) is 13.2 Å². The molecule has 0 aliphatic rings. The Hall–Kier alpha value is -0.760. The van der Waals surface area contributed by atoms with Crippen LogP contribution in [0.25, 0.3) is 0 Å². The van der Waals surface area contributed by atoms with Crippen LogP contribution in [0.4, 0.5) is 0 Å². The van der Waals surface area contributed by atoms with Gasteiger partial charge in [-0.1, -0.05) is 0 Å². The smallest absolute Gasteiger partial charge is 0.306 e. The number of aliphatic hydroxyl groups is 4. The Bertz CT molecular complexity index is 180. The first-order chi connectivity index (χ1) is 6.95. The van der Waals surface area contributed by atoms with E-state index < -0.39 is 23.5 Å². The van der Waals surface area contributed by atoms with Gasteiger partial charge in [0.2, 0.25) is 0 Å². The molecule has 90 valence electrons. The molecule has 15 heavy (non-hydrogen) atoms. The number of rotatable bonds is 6. The fourth-order valence-corrected chi connectivity index (χ4v) is 0.560. The maximum atomic E-state index is 9.78. The lowest BCUT2D eigenvalue weighted by atomic mass is 10.3. The number of aliphatic carboxylic acids is 1. The van der Waals surface area contributed by atoms with E-state index in [1.807, 2.05) is 0 Å². The largest absolute Gasteiger partial charge is 0.500 e. The number of aliphatic hydroxyl groups excluding tert-OH is 4. The summed E-state index contributed by atoms with van der Waals surface area (Å²) in [6.45, 7) is 0.390. The van der Waals surface area contributed by atoms with Gasteiger partial charge in [0.25, 0.3) is 0 Å². The lowest BCUT2D eigenvalue weighted by Gasteiger charge is -2.01. The summed E-state index contributed by atoms with van der Waals surface area (Å²) >= 11 is 4.08. The Morgan fingerprint density at radius 1 is 1.13 bits per heavy atom. The van der Waals surface area contributed by atoms with Crippen LogP contribution in [0.3, 0.4) is 0 Å². The molecule has 0 aromatic carbocycles. The molecule has 0 aliphatic carbocycles. The van der Waals surface area contributed by atoms with Gasteiger partial charge >= 0.3 is 5.97 Å². The Kier molecular flexibility index (Phi) is 12.6. The summed E-state index contributed by atoms with van der Waals surface area (Å²) in [6, 6.07) is 0. The topological polar surface area (TPSA) is 118 Å². The quantitative estimate of drug-likeness (QED) is 0.312. The van der Waals surface area contributed by atoms with Gasteiger partial charge in [-0.2, -0.15) is 0 Å². The number of unbranched alkanes of at least 4 members (excludes halogenated alkanes) is 1. The molecule has 1 atom stereocenters. The van der Waals surface area contributed by atoms with E-state index in [1.165, 1.54) is 0 Å². The van der Waals surface area contributed by atoms with Gasteiger partial charge in [-0.3, -0.25) is 4.79 Å². The van der Waals surface area contributed by atoms with Crippen molar-refractivity contribution in [3.05, 3.63) is 0 Å². The molecule has 0 aromatic rings. The van der Waals surface area contributed by atoms with Gasteiger partial charge in [0, 0.05) is 13.2 Å². The molecule has 0 heterocycles. The van der Waals surface area contributed by atoms with Crippen LogP contribution in [0.2, 0.25) is 0 Å². The highest BCUT2D eigenvalue weighted by Crippen LogP contribution is 1.91. The summed E-state index contributed by atoms with van der Waals surface area (Å²) in [4.78, 5) is 9.78. The van der Waals surface area contributed by atoms with E-state index in [1.54, 1.807) is 0 Å². The van der Waals surface area contributed by atoms with Crippen LogP contribution in [-0.2, 0) is 4.79 Å². The minimum absolute atomic E-state index is 0.195. The van der Waals surface area contributed by atoms with E-state index in [2.05, 4.69) is 12.2 Å². The van der Waals surface area contributed by atoms with Gasteiger partial charge in [0.05, 0.1) is 6.42 Å². The van der Waals surface area contributed by atoms with E-state index in [0.717, 1.165) is 12.8 Å². The van der Waals surface area contributed by atoms with Crippen molar-refractivity contribution in [1.82, 2.24) is 0 Å². The molecule has 0 amide bonds. The third-order valence-electron chi connectivity index (χ3n) is 1.22. The van der Waals surface area contributed by atoms with E-state index >= 15 is 0 Å². The van der Waals surface area contributed by atoms with Crippen LogP contribution < -0.4 is 0 Å². The van der Waals surface area contributed by atoms with E-state index in [4.69, 9.17) is 25.5 Å². The van der Waals surface area contributed by atoms with Crippen LogP contribution in [0.5, 0.6) is 0 Å². The Morgan fingerprint density at radius 3 is 1.67 bits per heavy atom. The molecule has 0 saturated heterocycles. The average molecular weight is 240 g/mol. The molecule has 0 saturated carbocycles. The van der Waals surface area contributed by atoms with Gasteiger partial charge in [-0.25, -0.2) is 0 Å². The van der Waals surface area contributed by atoms with Crippen molar-refractivity contribution in [2.75, 3.05) is 13.2 Å². The normalized spacial score (nSPS) is 11.1. The lowest BCUT2D eigenvalue weighted by molar-refractivity contribution is -0.138. The number of carboxylic acids is 1. The van der Waals surface area contributed by atoms with Crippen molar-refractivity contribution in [2.24, 2.45) is 0 Å². The fraction of sp³-hybridized carbons (Fsp3) is 0.750. The zero-order valence-electron chi connectivity index (χ0n) is 8.17. The third-order valence-corrected chi connectivity index (χ3v) is 1.49. The highest BCUT2D eigenvalue weighted by atomic mass is 32.1. The lowest BCUT2D eigenvalue weighted by Crippen LogP contribution is -2.21. The van der Waals surface area contributed by atoms with Crippen molar-refractivity contribution in [3.8, 4) is 0 Å². The molecule has 0 fully saturated rings. The van der Waals surface area contributed by atoms with Crippen molar-refractivity contribution in [2.45, 2.75) is 25.4 Å². The monoisotopic (exact) mass is 240 g/mol. The number of thiocarbonyl (C=S) groups is 1.